The van der Waals surface area contributed by atoms with Crippen LogP contribution in [0.5, 0.6) is 0 Å². The zero-order valence-corrected chi connectivity index (χ0v) is 13.4. The van der Waals surface area contributed by atoms with E-state index in [-0.39, 0.29) is 0 Å². The van der Waals surface area contributed by atoms with Crippen LogP contribution in [0.25, 0.3) is 5.57 Å². The number of rotatable bonds is 5. The Hall–Kier alpha value is -2.36. The molecule has 1 unspecified atom stereocenters. The van der Waals surface area contributed by atoms with Crippen molar-refractivity contribution >= 4 is 5.57 Å². The van der Waals surface area contributed by atoms with Crippen molar-refractivity contribution < 1.29 is 14.2 Å². The Morgan fingerprint density at radius 3 is 2.00 bits per heavy atom. The van der Waals surface area contributed by atoms with Crippen molar-refractivity contribution in [1.29, 1.82) is 0 Å². The van der Waals surface area contributed by atoms with Gasteiger partial charge in [-0.2, -0.15) is 0 Å². The van der Waals surface area contributed by atoms with Crippen LogP contribution in [-0.2, 0) is 14.2 Å². The van der Waals surface area contributed by atoms with E-state index in [1.807, 2.05) is 49.4 Å². The zero-order chi connectivity index (χ0) is 16.1. The predicted octanol–water partition coefficient (Wildman–Crippen LogP) is 4.37. The van der Waals surface area contributed by atoms with Crippen molar-refractivity contribution in [1.82, 2.24) is 0 Å². The fourth-order valence-electron chi connectivity index (χ4n) is 2.64. The maximum Gasteiger partial charge on any atom is 0.349 e. The van der Waals surface area contributed by atoms with E-state index in [1.54, 1.807) is 13.2 Å². The molecule has 0 aliphatic carbocycles. The molecule has 23 heavy (non-hydrogen) atoms. The van der Waals surface area contributed by atoms with E-state index in [4.69, 9.17) is 14.2 Å². The highest BCUT2D eigenvalue weighted by atomic mass is 16.9. The molecule has 0 fully saturated rings. The highest BCUT2D eigenvalue weighted by molar-refractivity contribution is 5.82. The largest absolute Gasteiger partial charge is 0.435 e. The van der Waals surface area contributed by atoms with Gasteiger partial charge < -0.3 is 14.2 Å². The van der Waals surface area contributed by atoms with Crippen LogP contribution in [0, 0.1) is 0 Å². The summed E-state index contributed by atoms with van der Waals surface area (Å²) < 4.78 is 17.1. The molecule has 2 aromatic carbocycles. The Morgan fingerprint density at radius 1 is 0.957 bits per heavy atom. The lowest BCUT2D eigenvalue weighted by molar-refractivity contribution is -0.314. The second-order valence-corrected chi connectivity index (χ2v) is 5.15. The third-order valence-corrected chi connectivity index (χ3v) is 3.69. The molecule has 1 aliphatic heterocycles. The smallest absolute Gasteiger partial charge is 0.349 e. The normalized spacial score (nSPS) is 19.7. The molecule has 0 saturated heterocycles. The van der Waals surface area contributed by atoms with Crippen LogP contribution in [-0.4, -0.2) is 19.7 Å². The van der Waals surface area contributed by atoms with Gasteiger partial charge >= 0.3 is 5.97 Å². The first kappa shape index (κ1) is 15.5. The van der Waals surface area contributed by atoms with Crippen LogP contribution in [0.1, 0.15) is 18.1 Å². The van der Waals surface area contributed by atoms with Gasteiger partial charge in [0.15, 0.2) is 0 Å². The second kappa shape index (κ2) is 6.82. The summed E-state index contributed by atoms with van der Waals surface area (Å²) in [6.45, 7) is 2.41. The summed E-state index contributed by atoms with van der Waals surface area (Å²) >= 11 is 0. The van der Waals surface area contributed by atoms with Crippen molar-refractivity contribution in [3.8, 4) is 0 Å². The van der Waals surface area contributed by atoms with E-state index in [0.717, 1.165) is 22.5 Å². The third kappa shape index (κ3) is 3.21. The van der Waals surface area contributed by atoms with E-state index in [2.05, 4.69) is 24.3 Å². The van der Waals surface area contributed by atoms with Gasteiger partial charge in [0.05, 0.1) is 6.61 Å². The van der Waals surface area contributed by atoms with Gasteiger partial charge in [-0.15, -0.1) is 0 Å². The van der Waals surface area contributed by atoms with Crippen molar-refractivity contribution in [3.63, 3.8) is 0 Å². The minimum Gasteiger partial charge on any atom is -0.435 e. The van der Waals surface area contributed by atoms with Gasteiger partial charge in [0, 0.05) is 18.8 Å². The molecule has 0 radical (unpaired) electrons. The Bertz CT molecular complexity index is 663. The lowest BCUT2D eigenvalue weighted by Crippen LogP contribution is -2.32. The standard InChI is InChI=1S/C20H20O3/c1-3-22-20(21-2)15-14-18(23-20)19(16-10-6-4-7-11-16)17-12-8-5-9-13-17/h4-15H,3H2,1-2H3. The first-order valence-electron chi connectivity index (χ1n) is 7.70. The summed E-state index contributed by atoms with van der Waals surface area (Å²) in [6.07, 6.45) is 3.71. The number of ether oxygens (including phenoxy) is 3. The molecular formula is C20H20O3. The topological polar surface area (TPSA) is 27.7 Å². The van der Waals surface area contributed by atoms with Crippen LogP contribution in [0.2, 0.25) is 0 Å². The fraction of sp³-hybridized carbons (Fsp3) is 0.200. The molecule has 3 rings (SSSR count). The number of allylic oxidation sites excluding steroid dienone is 1. The number of methoxy groups -OCH3 is 1. The Labute approximate surface area is 136 Å². The number of benzene rings is 2. The van der Waals surface area contributed by atoms with Crippen LogP contribution >= 0.6 is 0 Å². The summed E-state index contributed by atoms with van der Waals surface area (Å²) in [5, 5.41) is 0. The van der Waals surface area contributed by atoms with Crippen LogP contribution < -0.4 is 0 Å². The van der Waals surface area contributed by atoms with E-state index in [0.29, 0.717) is 6.61 Å². The Morgan fingerprint density at radius 2 is 1.52 bits per heavy atom. The molecule has 2 aromatic rings. The summed E-state index contributed by atoms with van der Waals surface area (Å²) in [5.74, 6) is -0.406. The molecule has 0 saturated carbocycles. The SMILES string of the molecule is CCOC1(OC)C=CC(=C(c2ccccc2)c2ccccc2)O1. The minimum absolute atomic E-state index is 0.497. The summed E-state index contributed by atoms with van der Waals surface area (Å²) in [4.78, 5) is 0. The van der Waals surface area contributed by atoms with E-state index in [1.165, 1.54) is 0 Å². The van der Waals surface area contributed by atoms with Gasteiger partial charge in [-0.05, 0) is 24.1 Å². The van der Waals surface area contributed by atoms with Crippen molar-refractivity contribution in [3.05, 3.63) is 89.7 Å². The van der Waals surface area contributed by atoms with Crippen molar-refractivity contribution in [2.75, 3.05) is 13.7 Å². The highest BCUT2D eigenvalue weighted by Crippen LogP contribution is 2.36. The molecule has 3 heteroatoms. The number of hydrogen-bond donors (Lipinski definition) is 0. The average Bonchev–Trinajstić information content (AvgIpc) is 3.02. The molecule has 3 nitrogen and oxygen atoms in total. The molecule has 0 amide bonds. The highest BCUT2D eigenvalue weighted by Gasteiger charge is 2.36. The van der Waals surface area contributed by atoms with Crippen LogP contribution in [0.15, 0.2) is 78.6 Å². The van der Waals surface area contributed by atoms with Gasteiger partial charge in [-0.1, -0.05) is 60.7 Å². The molecule has 0 bridgehead atoms. The van der Waals surface area contributed by atoms with Crippen molar-refractivity contribution in [2.24, 2.45) is 0 Å². The summed E-state index contributed by atoms with van der Waals surface area (Å²) in [5.41, 5.74) is 3.18. The Kier molecular flexibility index (Phi) is 4.60. The van der Waals surface area contributed by atoms with E-state index in [9.17, 15) is 0 Å². The second-order valence-electron chi connectivity index (χ2n) is 5.15. The fourth-order valence-corrected chi connectivity index (χ4v) is 2.64. The number of hydrogen-bond acceptors (Lipinski definition) is 3. The maximum atomic E-state index is 6.03. The first-order chi connectivity index (χ1) is 11.3. The average molecular weight is 308 g/mol. The van der Waals surface area contributed by atoms with Crippen LogP contribution in [0.4, 0.5) is 0 Å². The summed E-state index contributed by atoms with van der Waals surface area (Å²) in [6, 6.07) is 20.4. The summed E-state index contributed by atoms with van der Waals surface area (Å²) in [7, 11) is 1.58. The van der Waals surface area contributed by atoms with Crippen LogP contribution in [0.3, 0.4) is 0 Å². The molecule has 1 heterocycles. The zero-order valence-electron chi connectivity index (χ0n) is 13.4. The van der Waals surface area contributed by atoms with E-state index < -0.39 is 5.97 Å². The molecule has 1 atom stereocenters. The molecule has 0 spiro atoms. The molecule has 118 valence electrons. The lowest BCUT2D eigenvalue weighted by Gasteiger charge is -2.25. The van der Waals surface area contributed by atoms with Gasteiger partial charge in [-0.3, -0.25) is 0 Å². The van der Waals surface area contributed by atoms with Gasteiger partial charge in [0.1, 0.15) is 5.76 Å². The molecular weight excluding hydrogens is 288 g/mol. The van der Waals surface area contributed by atoms with Gasteiger partial charge in [-0.25, -0.2) is 0 Å². The molecule has 0 N–H and O–H groups in total. The quantitative estimate of drug-likeness (QED) is 0.768. The minimum atomic E-state index is -1.14. The molecule has 0 aromatic heterocycles. The third-order valence-electron chi connectivity index (χ3n) is 3.69. The monoisotopic (exact) mass is 308 g/mol. The predicted molar refractivity (Wildman–Crippen MR) is 90.5 cm³/mol. The van der Waals surface area contributed by atoms with E-state index >= 15 is 0 Å². The van der Waals surface area contributed by atoms with Gasteiger partial charge in [0.2, 0.25) is 0 Å². The van der Waals surface area contributed by atoms with Gasteiger partial charge in [0.25, 0.3) is 0 Å². The maximum absolute atomic E-state index is 6.03. The molecule has 1 aliphatic rings. The van der Waals surface area contributed by atoms with Crippen molar-refractivity contribution in [2.45, 2.75) is 12.9 Å². The Balaban J connectivity index is 2.09. The lowest BCUT2D eigenvalue weighted by atomic mass is 9.97. The first-order valence-corrected chi connectivity index (χ1v) is 7.70.